The number of nitrogens with zero attached hydrogens (tertiary/aromatic N) is 1. The normalized spacial score (nSPS) is 17.3. The minimum Gasteiger partial charge on any atom is -0.317 e. The molecule has 1 N–H and O–H groups in total. The maximum atomic E-state index is 13.1. The summed E-state index contributed by atoms with van der Waals surface area (Å²) in [6.07, 6.45) is -2.17. The molecule has 148 valence electrons. The molecule has 1 atom stereocenters. The maximum Gasteiger partial charge on any atom is 0.416 e. The third kappa shape index (κ3) is 4.52. The van der Waals surface area contributed by atoms with Crippen LogP contribution in [0.5, 0.6) is 0 Å². The van der Waals surface area contributed by atoms with Gasteiger partial charge in [0.25, 0.3) is 0 Å². The van der Waals surface area contributed by atoms with E-state index < -0.39 is 17.8 Å². The molecule has 1 saturated heterocycles. The number of piperidine rings is 1. The Kier molecular flexibility index (Phi) is 5.72. The predicted octanol–water partition coefficient (Wildman–Crippen LogP) is 5.67. The molecule has 0 radical (unpaired) electrons. The SMILES string of the molecule is CC(=O)c1ccc(NC(=O)N2CCCCC2c2cccc(C(F)(F)F)c2)cc1. The molecule has 0 saturated carbocycles. The van der Waals surface area contributed by atoms with Crippen LogP contribution >= 0.6 is 0 Å². The topological polar surface area (TPSA) is 49.4 Å². The number of alkyl halides is 3. The molecular formula is C21H21F3N2O2. The summed E-state index contributed by atoms with van der Waals surface area (Å²) in [4.78, 5) is 25.7. The van der Waals surface area contributed by atoms with Crippen molar-refractivity contribution in [2.45, 2.75) is 38.4 Å². The van der Waals surface area contributed by atoms with Gasteiger partial charge in [0.1, 0.15) is 0 Å². The number of hydrogen-bond donors (Lipinski definition) is 1. The van der Waals surface area contributed by atoms with Crippen LogP contribution in [-0.4, -0.2) is 23.3 Å². The van der Waals surface area contributed by atoms with Gasteiger partial charge in [-0.05, 0) is 68.1 Å². The van der Waals surface area contributed by atoms with Gasteiger partial charge in [-0.1, -0.05) is 12.1 Å². The molecule has 1 aliphatic rings. The van der Waals surface area contributed by atoms with Crippen LogP contribution in [-0.2, 0) is 6.18 Å². The first-order chi connectivity index (χ1) is 13.3. The number of ketones is 1. The van der Waals surface area contributed by atoms with Gasteiger partial charge in [-0.2, -0.15) is 13.2 Å². The fraction of sp³-hybridized carbons (Fsp3) is 0.333. The standard InChI is InChI=1S/C21H21F3N2O2/c1-14(27)15-8-10-18(11-9-15)25-20(28)26-12-3-2-7-19(26)16-5-4-6-17(13-16)21(22,23)24/h4-6,8-11,13,19H,2-3,7,12H2,1H3,(H,25,28). The molecule has 4 nitrogen and oxygen atoms in total. The first kappa shape index (κ1) is 19.9. The van der Waals surface area contributed by atoms with Crippen molar-refractivity contribution in [1.82, 2.24) is 4.90 Å². The number of amides is 2. The quantitative estimate of drug-likeness (QED) is 0.687. The lowest BCUT2D eigenvalue weighted by molar-refractivity contribution is -0.137. The number of nitrogens with one attached hydrogen (secondary N) is 1. The van der Waals surface area contributed by atoms with Gasteiger partial charge in [0.05, 0.1) is 11.6 Å². The first-order valence-corrected chi connectivity index (χ1v) is 9.11. The van der Waals surface area contributed by atoms with Crippen LogP contribution < -0.4 is 5.32 Å². The van der Waals surface area contributed by atoms with Crippen molar-refractivity contribution >= 4 is 17.5 Å². The van der Waals surface area contributed by atoms with Gasteiger partial charge < -0.3 is 10.2 Å². The number of hydrogen-bond acceptors (Lipinski definition) is 2. The van der Waals surface area contributed by atoms with Crippen molar-refractivity contribution in [2.24, 2.45) is 0 Å². The highest BCUT2D eigenvalue weighted by Gasteiger charge is 2.33. The molecule has 0 spiro atoms. The highest BCUT2D eigenvalue weighted by molar-refractivity contribution is 5.95. The Balaban J connectivity index is 1.79. The summed E-state index contributed by atoms with van der Waals surface area (Å²) in [6.45, 7) is 1.93. The Morgan fingerprint density at radius 2 is 1.79 bits per heavy atom. The number of benzene rings is 2. The van der Waals surface area contributed by atoms with Gasteiger partial charge in [0.2, 0.25) is 0 Å². The monoisotopic (exact) mass is 390 g/mol. The van der Waals surface area contributed by atoms with E-state index in [1.165, 1.54) is 13.0 Å². The van der Waals surface area contributed by atoms with Gasteiger partial charge in [-0.3, -0.25) is 4.79 Å². The van der Waals surface area contributed by atoms with Gasteiger partial charge in [0, 0.05) is 17.8 Å². The number of carbonyl (C=O) groups is 2. The summed E-state index contributed by atoms with van der Waals surface area (Å²) in [5, 5.41) is 2.78. The first-order valence-electron chi connectivity index (χ1n) is 9.11. The molecular weight excluding hydrogens is 369 g/mol. The van der Waals surface area contributed by atoms with E-state index in [1.54, 1.807) is 35.2 Å². The molecule has 2 aromatic carbocycles. The van der Waals surface area contributed by atoms with Gasteiger partial charge >= 0.3 is 12.2 Å². The number of Topliss-reactive ketones (excluding diaryl/α,β-unsaturated/α-hetero) is 1. The van der Waals surface area contributed by atoms with E-state index in [0.717, 1.165) is 25.0 Å². The number of halogens is 3. The fourth-order valence-corrected chi connectivity index (χ4v) is 3.43. The number of anilines is 1. The number of urea groups is 1. The predicted molar refractivity (Wildman–Crippen MR) is 100 cm³/mol. The van der Waals surface area contributed by atoms with Crippen molar-refractivity contribution in [3.05, 3.63) is 65.2 Å². The number of rotatable bonds is 3. The average Bonchev–Trinajstić information content (AvgIpc) is 2.68. The second-order valence-corrected chi connectivity index (χ2v) is 6.89. The molecule has 7 heteroatoms. The summed E-state index contributed by atoms with van der Waals surface area (Å²) in [6, 6.07) is 10.9. The van der Waals surface area contributed by atoms with Crippen LogP contribution in [0.1, 0.15) is 53.7 Å². The Morgan fingerprint density at radius 3 is 2.43 bits per heavy atom. The Morgan fingerprint density at radius 1 is 1.07 bits per heavy atom. The zero-order valence-electron chi connectivity index (χ0n) is 15.4. The molecule has 2 aromatic rings. The van der Waals surface area contributed by atoms with Crippen LogP contribution in [0.3, 0.4) is 0 Å². The lowest BCUT2D eigenvalue weighted by Gasteiger charge is -2.36. The molecule has 0 bridgehead atoms. The largest absolute Gasteiger partial charge is 0.416 e. The van der Waals surface area contributed by atoms with Crippen molar-refractivity contribution in [3.63, 3.8) is 0 Å². The number of carbonyl (C=O) groups excluding carboxylic acids is 2. The van der Waals surface area contributed by atoms with Crippen molar-refractivity contribution in [3.8, 4) is 0 Å². The van der Waals surface area contributed by atoms with Crippen LogP contribution in [0.4, 0.5) is 23.7 Å². The Labute approximate surface area is 161 Å². The molecule has 1 aliphatic heterocycles. The van der Waals surface area contributed by atoms with E-state index in [4.69, 9.17) is 0 Å². The van der Waals surface area contributed by atoms with E-state index in [-0.39, 0.29) is 11.8 Å². The van der Waals surface area contributed by atoms with E-state index >= 15 is 0 Å². The van der Waals surface area contributed by atoms with Gasteiger partial charge in [-0.15, -0.1) is 0 Å². The smallest absolute Gasteiger partial charge is 0.317 e. The highest BCUT2D eigenvalue weighted by atomic mass is 19.4. The zero-order valence-corrected chi connectivity index (χ0v) is 15.4. The molecule has 0 aromatic heterocycles. The summed E-state index contributed by atoms with van der Waals surface area (Å²) >= 11 is 0. The summed E-state index contributed by atoms with van der Waals surface area (Å²) in [5.74, 6) is -0.0708. The molecule has 28 heavy (non-hydrogen) atoms. The third-order valence-corrected chi connectivity index (χ3v) is 4.91. The van der Waals surface area contributed by atoms with Crippen LogP contribution in [0, 0.1) is 0 Å². The fourth-order valence-electron chi connectivity index (χ4n) is 3.43. The third-order valence-electron chi connectivity index (χ3n) is 4.91. The lowest BCUT2D eigenvalue weighted by Crippen LogP contribution is -2.41. The molecule has 1 unspecified atom stereocenters. The second-order valence-electron chi connectivity index (χ2n) is 6.89. The maximum absolute atomic E-state index is 13.1. The van der Waals surface area contributed by atoms with Gasteiger partial charge in [0.15, 0.2) is 5.78 Å². The van der Waals surface area contributed by atoms with E-state index in [1.807, 2.05) is 0 Å². The van der Waals surface area contributed by atoms with Crippen LogP contribution in [0.15, 0.2) is 48.5 Å². The molecule has 2 amide bonds. The second kappa shape index (κ2) is 8.04. The summed E-state index contributed by atoms with van der Waals surface area (Å²) < 4.78 is 39.2. The average molecular weight is 390 g/mol. The van der Waals surface area contributed by atoms with Crippen LogP contribution in [0.25, 0.3) is 0 Å². The number of likely N-dealkylation sites (tertiary alicyclic amines) is 1. The zero-order chi connectivity index (χ0) is 20.3. The molecule has 3 rings (SSSR count). The lowest BCUT2D eigenvalue weighted by atomic mass is 9.94. The van der Waals surface area contributed by atoms with Crippen molar-refractivity contribution in [1.29, 1.82) is 0 Å². The van der Waals surface area contributed by atoms with Crippen molar-refractivity contribution in [2.75, 3.05) is 11.9 Å². The summed E-state index contributed by atoms with van der Waals surface area (Å²) in [7, 11) is 0. The van der Waals surface area contributed by atoms with E-state index in [9.17, 15) is 22.8 Å². The van der Waals surface area contributed by atoms with E-state index in [0.29, 0.717) is 29.8 Å². The molecule has 0 aliphatic carbocycles. The highest BCUT2D eigenvalue weighted by Crippen LogP contribution is 2.35. The molecule has 1 fully saturated rings. The van der Waals surface area contributed by atoms with Crippen LogP contribution in [0.2, 0.25) is 0 Å². The Hall–Kier alpha value is -2.83. The molecule has 1 heterocycles. The summed E-state index contributed by atoms with van der Waals surface area (Å²) in [5.41, 5.74) is 0.841. The van der Waals surface area contributed by atoms with E-state index in [2.05, 4.69) is 5.32 Å². The Bertz CT molecular complexity index is 863. The minimum absolute atomic E-state index is 0.0708. The van der Waals surface area contributed by atoms with Crippen molar-refractivity contribution < 1.29 is 22.8 Å². The van der Waals surface area contributed by atoms with Gasteiger partial charge in [-0.25, -0.2) is 4.79 Å². The minimum atomic E-state index is -4.42.